The largest absolute Gasteiger partial charge is 0.437 e. The highest BCUT2D eigenvalue weighted by molar-refractivity contribution is 5.55. The van der Waals surface area contributed by atoms with Crippen molar-refractivity contribution in [3.63, 3.8) is 0 Å². The van der Waals surface area contributed by atoms with Crippen LogP contribution in [0, 0.1) is 10.1 Å². The van der Waals surface area contributed by atoms with Gasteiger partial charge in [-0.2, -0.15) is 4.68 Å². The smallest absolute Gasteiger partial charge is 0.388 e. The van der Waals surface area contributed by atoms with Gasteiger partial charge in [0.1, 0.15) is 0 Å². The normalized spacial score (nSPS) is 10.5. The third-order valence-electron chi connectivity index (χ3n) is 2.37. The molecule has 1 heterocycles. The van der Waals surface area contributed by atoms with Gasteiger partial charge >= 0.3 is 5.76 Å². The summed E-state index contributed by atoms with van der Waals surface area (Å²) in [4.78, 5) is 21.4. The average molecular weight is 249 g/mol. The van der Waals surface area contributed by atoms with Gasteiger partial charge < -0.3 is 4.42 Å². The molecule has 0 saturated heterocycles. The zero-order valence-electron chi connectivity index (χ0n) is 9.70. The first-order chi connectivity index (χ1) is 8.61. The summed E-state index contributed by atoms with van der Waals surface area (Å²) in [6.45, 7) is 2.40. The van der Waals surface area contributed by atoms with Crippen molar-refractivity contribution < 1.29 is 9.34 Å². The topological polar surface area (TPSA) is 91.2 Å². The predicted octanol–water partition coefficient (Wildman–Crippen LogP) is 1.82. The standard InChI is InChI=1S/C11H11N3O4/c1-2-7-13-11(15)18-10(12-13)8-3-5-9(6-4-8)14(16)17/h3-6H,2,7H2,1H3. The molecule has 0 amide bonds. The van der Waals surface area contributed by atoms with Crippen LogP contribution in [0.5, 0.6) is 0 Å². The molecule has 18 heavy (non-hydrogen) atoms. The molecule has 0 atom stereocenters. The van der Waals surface area contributed by atoms with Crippen LogP contribution in [0.4, 0.5) is 5.69 Å². The molecule has 2 rings (SSSR count). The maximum absolute atomic E-state index is 11.4. The van der Waals surface area contributed by atoms with Gasteiger partial charge in [0.2, 0.25) is 5.89 Å². The van der Waals surface area contributed by atoms with E-state index in [0.29, 0.717) is 12.1 Å². The lowest BCUT2D eigenvalue weighted by atomic mass is 10.2. The molecule has 0 fully saturated rings. The molecule has 0 radical (unpaired) electrons. The zero-order valence-corrected chi connectivity index (χ0v) is 9.70. The third kappa shape index (κ3) is 2.29. The van der Waals surface area contributed by atoms with Crippen LogP contribution in [0.15, 0.2) is 33.5 Å². The van der Waals surface area contributed by atoms with Crippen molar-refractivity contribution in [2.24, 2.45) is 0 Å². The summed E-state index contributed by atoms with van der Waals surface area (Å²) < 4.78 is 6.21. The number of aromatic nitrogens is 2. The Morgan fingerprint density at radius 1 is 1.39 bits per heavy atom. The quantitative estimate of drug-likeness (QED) is 0.608. The first-order valence-electron chi connectivity index (χ1n) is 5.44. The second-order valence-corrected chi connectivity index (χ2v) is 3.70. The van der Waals surface area contributed by atoms with E-state index < -0.39 is 10.7 Å². The molecule has 1 aromatic carbocycles. The molecule has 1 aromatic heterocycles. The minimum Gasteiger partial charge on any atom is -0.388 e. The molecular formula is C11H11N3O4. The number of hydrogen-bond acceptors (Lipinski definition) is 5. The molecule has 0 N–H and O–H groups in total. The Morgan fingerprint density at radius 3 is 2.61 bits per heavy atom. The summed E-state index contributed by atoms with van der Waals surface area (Å²) in [6, 6.07) is 5.68. The Morgan fingerprint density at radius 2 is 2.06 bits per heavy atom. The van der Waals surface area contributed by atoms with Crippen LogP contribution >= 0.6 is 0 Å². The Labute approximate surface area is 102 Å². The second-order valence-electron chi connectivity index (χ2n) is 3.70. The van der Waals surface area contributed by atoms with E-state index in [1.54, 1.807) is 0 Å². The fourth-order valence-corrected chi connectivity index (χ4v) is 1.50. The first-order valence-corrected chi connectivity index (χ1v) is 5.44. The summed E-state index contributed by atoms with van der Waals surface area (Å²) in [5.41, 5.74) is 0.515. The second kappa shape index (κ2) is 4.82. The summed E-state index contributed by atoms with van der Waals surface area (Å²) in [7, 11) is 0. The van der Waals surface area contributed by atoms with E-state index in [0.717, 1.165) is 6.42 Å². The summed E-state index contributed by atoms with van der Waals surface area (Å²) in [5, 5.41) is 14.5. The highest BCUT2D eigenvalue weighted by Gasteiger charge is 2.11. The van der Waals surface area contributed by atoms with Crippen LogP contribution < -0.4 is 5.76 Å². The lowest BCUT2D eigenvalue weighted by molar-refractivity contribution is -0.384. The van der Waals surface area contributed by atoms with E-state index in [1.807, 2.05) is 6.92 Å². The van der Waals surface area contributed by atoms with Crippen molar-refractivity contribution in [1.29, 1.82) is 0 Å². The summed E-state index contributed by atoms with van der Waals surface area (Å²) >= 11 is 0. The van der Waals surface area contributed by atoms with Crippen LogP contribution in [0.2, 0.25) is 0 Å². The predicted molar refractivity (Wildman–Crippen MR) is 63.1 cm³/mol. The van der Waals surface area contributed by atoms with Crippen molar-refractivity contribution in [2.75, 3.05) is 0 Å². The summed E-state index contributed by atoms with van der Waals surface area (Å²) in [6.07, 6.45) is 0.770. The number of non-ortho nitro benzene ring substituents is 1. The lowest BCUT2D eigenvalue weighted by Crippen LogP contribution is -2.15. The van der Waals surface area contributed by atoms with Gasteiger partial charge in [0.25, 0.3) is 5.69 Å². The van der Waals surface area contributed by atoms with E-state index in [4.69, 9.17) is 4.42 Å². The highest BCUT2D eigenvalue weighted by Crippen LogP contribution is 2.19. The highest BCUT2D eigenvalue weighted by atomic mass is 16.6. The van der Waals surface area contributed by atoms with Crippen molar-refractivity contribution >= 4 is 5.69 Å². The van der Waals surface area contributed by atoms with Crippen molar-refractivity contribution in [2.45, 2.75) is 19.9 Å². The van der Waals surface area contributed by atoms with E-state index in [1.165, 1.54) is 28.9 Å². The molecule has 0 unspecified atom stereocenters. The number of nitrogens with zero attached hydrogens (tertiary/aromatic N) is 3. The first kappa shape index (κ1) is 12.0. The molecule has 0 aliphatic carbocycles. The molecule has 7 nitrogen and oxygen atoms in total. The SMILES string of the molecule is CCCn1nc(-c2ccc([N+](=O)[O-])cc2)oc1=O. The fraction of sp³-hybridized carbons (Fsp3) is 0.273. The molecule has 0 bridgehead atoms. The van der Waals surface area contributed by atoms with Crippen LogP contribution in [0.25, 0.3) is 11.5 Å². The van der Waals surface area contributed by atoms with Gasteiger partial charge in [0, 0.05) is 24.2 Å². The summed E-state index contributed by atoms with van der Waals surface area (Å²) in [5.74, 6) is -0.353. The Kier molecular flexibility index (Phi) is 3.22. The minimum atomic E-state index is -0.523. The van der Waals surface area contributed by atoms with Gasteiger partial charge in [-0.1, -0.05) is 6.92 Å². The number of nitro benzene ring substituents is 1. The van der Waals surface area contributed by atoms with Gasteiger partial charge in [-0.05, 0) is 18.6 Å². The molecule has 0 aliphatic rings. The lowest BCUT2D eigenvalue weighted by Gasteiger charge is -1.94. The van der Waals surface area contributed by atoms with E-state index >= 15 is 0 Å². The number of hydrogen-bond donors (Lipinski definition) is 0. The number of nitro groups is 1. The zero-order chi connectivity index (χ0) is 13.1. The number of rotatable bonds is 4. The molecular weight excluding hydrogens is 238 g/mol. The average Bonchev–Trinajstić information content (AvgIpc) is 2.72. The van der Waals surface area contributed by atoms with Crippen LogP contribution in [0.3, 0.4) is 0 Å². The van der Waals surface area contributed by atoms with Gasteiger partial charge in [0.05, 0.1) is 4.92 Å². The van der Waals surface area contributed by atoms with Crippen molar-refractivity contribution in [3.8, 4) is 11.5 Å². The maximum atomic E-state index is 11.4. The van der Waals surface area contributed by atoms with Gasteiger partial charge in [-0.15, -0.1) is 5.10 Å². The maximum Gasteiger partial charge on any atom is 0.437 e. The Balaban J connectivity index is 2.34. The van der Waals surface area contributed by atoms with Crippen molar-refractivity contribution in [3.05, 3.63) is 44.9 Å². The van der Waals surface area contributed by atoms with Gasteiger partial charge in [0.15, 0.2) is 0 Å². The van der Waals surface area contributed by atoms with Crippen LogP contribution in [-0.4, -0.2) is 14.7 Å². The molecule has 2 aromatic rings. The van der Waals surface area contributed by atoms with Crippen LogP contribution in [0.1, 0.15) is 13.3 Å². The molecule has 0 aliphatic heterocycles. The monoisotopic (exact) mass is 249 g/mol. The van der Waals surface area contributed by atoms with Crippen molar-refractivity contribution in [1.82, 2.24) is 9.78 Å². The number of aryl methyl sites for hydroxylation is 1. The molecule has 94 valence electrons. The molecule has 0 spiro atoms. The Bertz CT molecular complexity index is 612. The Hall–Kier alpha value is -2.44. The van der Waals surface area contributed by atoms with Gasteiger partial charge in [-0.25, -0.2) is 4.79 Å². The van der Waals surface area contributed by atoms with Crippen LogP contribution in [-0.2, 0) is 6.54 Å². The van der Waals surface area contributed by atoms with Gasteiger partial charge in [-0.3, -0.25) is 10.1 Å². The molecule has 7 heteroatoms. The third-order valence-corrected chi connectivity index (χ3v) is 2.37. The van der Waals surface area contributed by atoms with E-state index in [-0.39, 0.29) is 11.6 Å². The van der Waals surface area contributed by atoms with E-state index in [9.17, 15) is 14.9 Å². The number of benzene rings is 1. The van der Waals surface area contributed by atoms with E-state index in [2.05, 4.69) is 5.10 Å². The minimum absolute atomic E-state index is 0.0194. The molecule has 0 saturated carbocycles. The fourth-order valence-electron chi connectivity index (χ4n) is 1.50.